The van der Waals surface area contributed by atoms with Crippen LogP contribution in [0.2, 0.25) is 0 Å². The van der Waals surface area contributed by atoms with E-state index in [1.54, 1.807) is 12.1 Å². The van der Waals surface area contributed by atoms with Crippen molar-refractivity contribution in [2.24, 2.45) is 17.6 Å². The van der Waals surface area contributed by atoms with E-state index in [-0.39, 0.29) is 30.4 Å². The molecule has 0 bridgehead atoms. The topological polar surface area (TPSA) is 142 Å². The first-order chi connectivity index (χ1) is 13.5. The fourth-order valence-corrected chi connectivity index (χ4v) is 2.82. The Morgan fingerprint density at radius 2 is 1.55 bits per heavy atom. The number of carbonyl (C=O) groups excluding carboxylic acids is 2. The molecule has 0 spiro atoms. The molecule has 29 heavy (non-hydrogen) atoms. The molecule has 0 saturated carbocycles. The van der Waals surface area contributed by atoms with Gasteiger partial charge in [0.05, 0.1) is 6.04 Å². The summed E-state index contributed by atoms with van der Waals surface area (Å²) >= 11 is 0. The van der Waals surface area contributed by atoms with Crippen molar-refractivity contribution in [2.45, 2.75) is 65.1 Å². The van der Waals surface area contributed by atoms with Gasteiger partial charge in [0.25, 0.3) is 0 Å². The standard InChI is InChI=1S/C21H33N3O5/c1-5-13(4)18(22)20(27)23-16(11-14-6-8-15(25)9-7-14)19(26)24-17(21(28)29)10-12(2)3/h6-9,12-13,16-18,25H,5,10-11,22H2,1-4H3,(H,23,27)(H,24,26)(H,28,29). The molecule has 0 aliphatic rings. The van der Waals surface area contributed by atoms with Crippen LogP contribution in [0.1, 0.15) is 46.1 Å². The molecule has 0 heterocycles. The molecule has 0 saturated heterocycles. The number of phenols is 1. The third-order valence-corrected chi connectivity index (χ3v) is 4.89. The van der Waals surface area contributed by atoms with Crippen molar-refractivity contribution in [1.82, 2.24) is 10.6 Å². The molecule has 0 radical (unpaired) electrons. The lowest BCUT2D eigenvalue weighted by Crippen LogP contribution is -2.56. The normalized spacial score (nSPS) is 15.2. The van der Waals surface area contributed by atoms with Crippen molar-refractivity contribution >= 4 is 17.8 Å². The van der Waals surface area contributed by atoms with Crippen LogP contribution in [0.25, 0.3) is 0 Å². The predicted octanol–water partition coefficient (Wildman–Crippen LogP) is 1.41. The number of aromatic hydroxyl groups is 1. The maximum Gasteiger partial charge on any atom is 0.326 e. The third kappa shape index (κ3) is 8.11. The summed E-state index contributed by atoms with van der Waals surface area (Å²) in [7, 11) is 0. The van der Waals surface area contributed by atoms with Crippen LogP contribution in [0.15, 0.2) is 24.3 Å². The molecule has 1 rings (SSSR count). The number of benzene rings is 1. The number of hydrogen-bond donors (Lipinski definition) is 5. The maximum atomic E-state index is 12.8. The molecule has 8 heteroatoms. The van der Waals surface area contributed by atoms with Crippen LogP contribution in [0.5, 0.6) is 5.75 Å². The lowest BCUT2D eigenvalue weighted by molar-refractivity contribution is -0.142. The first-order valence-electron chi connectivity index (χ1n) is 9.92. The molecule has 0 aromatic heterocycles. The van der Waals surface area contributed by atoms with Crippen LogP contribution < -0.4 is 16.4 Å². The summed E-state index contributed by atoms with van der Waals surface area (Å²) in [5.74, 6) is -2.09. The van der Waals surface area contributed by atoms with Gasteiger partial charge in [-0.3, -0.25) is 9.59 Å². The Balaban J connectivity index is 3.01. The number of carboxylic acid groups (broad SMARTS) is 1. The number of phenolic OH excluding ortho intramolecular Hbond substituents is 1. The Hall–Kier alpha value is -2.61. The second-order valence-corrected chi connectivity index (χ2v) is 7.87. The monoisotopic (exact) mass is 407 g/mol. The molecule has 4 unspecified atom stereocenters. The van der Waals surface area contributed by atoms with E-state index in [2.05, 4.69) is 10.6 Å². The molecule has 4 atom stereocenters. The fourth-order valence-electron chi connectivity index (χ4n) is 2.82. The minimum absolute atomic E-state index is 0.0694. The van der Waals surface area contributed by atoms with Crippen LogP contribution in [0.4, 0.5) is 0 Å². The summed E-state index contributed by atoms with van der Waals surface area (Å²) in [5, 5.41) is 24.0. The number of carboxylic acids is 1. The Bertz CT molecular complexity index is 690. The van der Waals surface area contributed by atoms with Crippen LogP contribution in [-0.4, -0.2) is 46.1 Å². The molecule has 0 aliphatic carbocycles. The smallest absolute Gasteiger partial charge is 0.326 e. The molecule has 1 aromatic carbocycles. The number of nitrogens with one attached hydrogen (secondary N) is 2. The molecule has 1 aromatic rings. The zero-order chi connectivity index (χ0) is 22.1. The van der Waals surface area contributed by atoms with Gasteiger partial charge in [-0.1, -0.05) is 46.2 Å². The number of nitrogens with two attached hydrogens (primary N) is 1. The van der Waals surface area contributed by atoms with Crippen molar-refractivity contribution < 1.29 is 24.6 Å². The summed E-state index contributed by atoms with van der Waals surface area (Å²) in [6.07, 6.45) is 1.12. The summed E-state index contributed by atoms with van der Waals surface area (Å²) in [6, 6.07) is 3.42. The molecule has 2 amide bonds. The molecule has 162 valence electrons. The van der Waals surface area contributed by atoms with Gasteiger partial charge in [0.2, 0.25) is 11.8 Å². The van der Waals surface area contributed by atoms with Gasteiger partial charge in [-0.05, 0) is 36.0 Å². The molecule has 6 N–H and O–H groups in total. The van der Waals surface area contributed by atoms with Crippen LogP contribution in [-0.2, 0) is 20.8 Å². The molecular weight excluding hydrogens is 374 g/mol. The van der Waals surface area contributed by atoms with Gasteiger partial charge < -0.3 is 26.6 Å². The van der Waals surface area contributed by atoms with Crippen molar-refractivity contribution in [3.8, 4) is 5.75 Å². The highest BCUT2D eigenvalue weighted by Gasteiger charge is 2.29. The summed E-state index contributed by atoms with van der Waals surface area (Å²) in [4.78, 5) is 36.9. The second-order valence-electron chi connectivity index (χ2n) is 7.87. The second kappa shape index (κ2) is 11.4. The lowest BCUT2D eigenvalue weighted by atomic mass is 9.98. The van der Waals surface area contributed by atoms with Crippen molar-refractivity contribution in [2.75, 3.05) is 0 Å². The van der Waals surface area contributed by atoms with E-state index in [0.717, 1.165) is 0 Å². The number of rotatable bonds is 11. The van der Waals surface area contributed by atoms with Gasteiger partial charge in [-0.2, -0.15) is 0 Å². The number of aliphatic carboxylic acids is 1. The minimum atomic E-state index is -1.13. The predicted molar refractivity (Wildman–Crippen MR) is 110 cm³/mol. The molecular formula is C21H33N3O5. The van der Waals surface area contributed by atoms with E-state index in [0.29, 0.717) is 12.0 Å². The average molecular weight is 408 g/mol. The first kappa shape index (κ1) is 24.4. The largest absolute Gasteiger partial charge is 0.508 e. The zero-order valence-corrected chi connectivity index (χ0v) is 17.5. The van der Waals surface area contributed by atoms with Crippen LogP contribution in [0, 0.1) is 11.8 Å². The maximum absolute atomic E-state index is 12.8. The van der Waals surface area contributed by atoms with Gasteiger partial charge in [0.1, 0.15) is 17.8 Å². The van der Waals surface area contributed by atoms with Gasteiger partial charge in [0, 0.05) is 6.42 Å². The fraction of sp³-hybridized carbons (Fsp3) is 0.571. The van der Waals surface area contributed by atoms with E-state index in [9.17, 15) is 24.6 Å². The number of carbonyl (C=O) groups is 3. The molecule has 0 aliphatic heterocycles. The van der Waals surface area contributed by atoms with Gasteiger partial charge >= 0.3 is 5.97 Å². The van der Waals surface area contributed by atoms with Gasteiger partial charge in [-0.15, -0.1) is 0 Å². The van der Waals surface area contributed by atoms with Crippen molar-refractivity contribution in [3.63, 3.8) is 0 Å². The SMILES string of the molecule is CCC(C)C(N)C(=O)NC(Cc1ccc(O)cc1)C(=O)NC(CC(C)C)C(=O)O. The zero-order valence-electron chi connectivity index (χ0n) is 17.5. The van der Waals surface area contributed by atoms with E-state index in [1.165, 1.54) is 12.1 Å². The summed E-state index contributed by atoms with van der Waals surface area (Å²) < 4.78 is 0. The van der Waals surface area contributed by atoms with Gasteiger partial charge in [-0.25, -0.2) is 4.79 Å². The summed E-state index contributed by atoms with van der Waals surface area (Å²) in [6.45, 7) is 7.50. The van der Waals surface area contributed by atoms with Gasteiger partial charge in [0.15, 0.2) is 0 Å². The van der Waals surface area contributed by atoms with E-state index < -0.39 is 35.9 Å². The van der Waals surface area contributed by atoms with Crippen molar-refractivity contribution in [3.05, 3.63) is 29.8 Å². The highest BCUT2D eigenvalue weighted by atomic mass is 16.4. The minimum Gasteiger partial charge on any atom is -0.508 e. The van der Waals surface area contributed by atoms with Crippen molar-refractivity contribution in [1.29, 1.82) is 0 Å². The van der Waals surface area contributed by atoms with E-state index in [4.69, 9.17) is 5.73 Å². The number of hydrogen-bond acceptors (Lipinski definition) is 5. The average Bonchev–Trinajstić information content (AvgIpc) is 2.66. The lowest BCUT2D eigenvalue weighted by Gasteiger charge is -2.25. The summed E-state index contributed by atoms with van der Waals surface area (Å²) in [5.41, 5.74) is 6.68. The molecule has 8 nitrogen and oxygen atoms in total. The van der Waals surface area contributed by atoms with Crippen LogP contribution in [0.3, 0.4) is 0 Å². The first-order valence-corrected chi connectivity index (χ1v) is 9.92. The Morgan fingerprint density at radius 3 is 2.03 bits per heavy atom. The molecule has 0 fully saturated rings. The highest BCUT2D eigenvalue weighted by Crippen LogP contribution is 2.13. The third-order valence-electron chi connectivity index (χ3n) is 4.89. The Kier molecular flexibility index (Phi) is 9.61. The highest BCUT2D eigenvalue weighted by molar-refractivity contribution is 5.92. The Labute approximate surface area is 171 Å². The number of amides is 2. The quantitative estimate of drug-likeness (QED) is 0.375. The van der Waals surface area contributed by atoms with Crippen LogP contribution >= 0.6 is 0 Å². The Morgan fingerprint density at radius 1 is 1.00 bits per heavy atom. The van der Waals surface area contributed by atoms with E-state index in [1.807, 2.05) is 27.7 Å². The van der Waals surface area contributed by atoms with E-state index >= 15 is 0 Å².